The second-order valence-corrected chi connectivity index (χ2v) is 5.87. The molecule has 0 atom stereocenters. The van der Waals surface area contributed by atoms with Crippen LogP contribution >= 0.6 is 11.6 Å². The largest absolute Gasteiger partial charge is 0.330 e. The minimum atomic E-state index is -0.559. The fourth-order valence-electron chi connectivity index (χ4n) is 1.59. The lowest BCUT2D eigenvalue weighted by atomic mass is 9.93. The van der Waals surface area contributed by atoms with Crippen LogP contribution in [0.3, 0.4) is 0 Å². The first-order chi connectivity index (χ1) is 9.27. The predicted octanol–water partition coefficient (Wildman–Crippen LogP) is 3.75. The summed E-state index contributed by atoms with van der Waals surface area (Å²) >= 11 is 5.65. The van der Waals surface area contributed by atoms with Crippen molar-refractivity contribution in [2.75, 3.05) is 5.32 Å². The number of halogens is 2. The molecule has 2 aromatic rings. The number of hydrogen-bond donors (Lipinski definition) is 2. The van der Waals surface area contributed by atoms with Gasteiger partial charge in [-0.1, -0.05) is 32.4 Å². The highest BCUT2D eigenvalue weighted by molar-refractivity contribution is 6.31. The highest BCUT2D eigenvalue weighted by atomic mass is 35.5. The smallest absolute Gasteiger partial charge is 0.258 e. The molecule has 4 nitrogen and oxygen atoms in total. The molecule has 2 N–H and O–H groups in total. The van der Waals surface area contributed by atoms with E-state index < -0.39 is 11.7 Å². The van der Waals surface area contributed by atoms with E-state index in [9.17, 15) is 9.18 Å². The zero-order valence-electron chi connectivity index (χ0n) is 11.4. The van der Waals surface area contributed by atoms with E-state index in [-0.39, 0.29) is 16.0 Å². The molecule has 1 aromatic carbocycles. The molecule has 0 saturated heterocycles. The number of H-pyrrole nitrogens is 1. The fraction of sp³-hybridized carbons (Fsp3) is 0.286. The summed E-state index contributed by atoms with van der Waals surface area (Å²) in [6.45, 7) is 6.07. The van der Waals surface area contributed by atoms with Crippen LogP contribution in [0.1, 0.15) is 36.8 Å². The number of rotatable bonds is 2. The summed E-state index contributed by atoms with van der Waals surface area (Å²) in [5.74, 6) is -0.613. The van der Waals surface area contributed by atoms with Gasteiger partial charge in [0.15, 0.2) is 0 Å². The Morgan fingerprint density at radius 1 is 1.40 bits per heavy atom. The first kappa shape index (κ1) is 14.5. The van der Waals surface area contributed by atoms with Gasteiger partial charge in [0.25, 0.3) is 5.91 Å². The Kier molecular flexibility index (Phi) is 3.81. The number of anilines is 1. The maximum atomic E-state index is 13.0. The zero-order valence-corrected chi connectivity index (χ0v) is 12.2. The van der Waals surface area contributed by atoms with Crippen LogP contribution in [0.5, 0.6) is 0 Å². The summed E-state index contributed by atoms with van der Waals surface area (Å²) in [7, 11) is 0. The van der Waals surface area contributed by atoms with Gasteiger partial charge in [-0.2, -0.15) is 0 Å². The van der Waals surface area contributed by atoms with Gasteiger partial charge >= 0.3 is 0 Å². The van der Waals surface area contributed by atoms with Gasteiger partial charge in [-0.3, -0.25) is 10.1 Å². The Bertz CT molecular complexity index is 646. The zero-order chi connectivity index (χ0) is 14.9. The van der Waals surface area contributed by atoms with Crippen molar-refractivity contribution in [3.8, 4) is 0 Å². The van der Waals surface area contributed by atoms with Crippen molar-refractivity contribution in [1.29, 1.82) is 0 Å². The molecule has 106 valence electrons. The maximum Gasteiger partial charge on any atom is 0.258 e. The number of carbonyl (C=O) groups excluding carboxylic acids is 1. The molecule has 20 heavy (non-hydrogen) atoms. The van der Waals surface area contributed by atoms with Crippen LogP contribution in [0.2, 0.25) is 5.02 Å². The van der Waals surface area contributed by atoms with Crippen molar-refractivity contribution in [2.24, 2.45) is 0 Å². The Labute approximate surface area is 121 Å². The molecule has 0 saturated carbocycles. The van der Waals surface area contributed by atoms with E-state index in [2.05, 4.69) is 15.3 Å². The normalized spacial score (nSPS) is 11.4. The summed E-state index contributed by atoms with van der Waals surface area (Å²) < 4.78 is 13.0. The van der Waals surface area contributed by atoms with E-state index in [1.807, 2.05) is 20.8 Å². The van der Waals surface area contributed by atoms with Gasteiger partial charge < -0.3 is 4.98 Å². The lowest BCUT2D eigenvalue weighted by molar-refractivity contribution is 0.102. The van der Waals surface area contributed by atoms with Gasteiger partial charge in [-0.05, 0) is 18.2 Å². The van der Waals surface area contributed by atoms with Gasteiger partial charge in [-0.15, -0.1) is 0 Å². The number of nitrogens with one attached hydrogen (secondary N) is 2. The summed E-state index contributed by atoms with van der Waals surface area (Å²) in [6.07, 6.45) is 1.74. The molecule has 6 heteroatoms. The quantitative estimate of drug-likeness (QED) is 0.886. The summed E-state index contributed by atoms with van der Waals surface area (Å²) in [5.41, 5.74) is 0.994. The van der Waals surface area contributed by atoms with Crippen LogP contribution in [0.25, 0.3) is 0 Å². The van der Waals surface area contributed by atoms with Crippen molar-refractivity contribution in [1.82, 2.24) is 9.97 Å². The summed E-state index contributed by atoms with van der Waals surface area (Å²) in [4.78, 5) is 19.2. The number of carbonyl (C=O) groups is 1. The van der Waals surface area contributed by atoms with Crippen LogP contribution in [-0.2, 0) is 5.41 Å². The number of nitrogens with zero attached hydrogens (tertiary/aromatic N) is 1. The first-order valence-corrected chi connectivity index (χ1v) is 6.47. The fourth-order valence-corrected chi connectivity index (χ4v) is 1.77. The third kappa shape index (κ3) is 3.17. The topological polar surface area (TPSA) is 57.8 Å². The molecule has 1 heterocycles. The molecule has 0 aliphatic carbocycles. The monoisotopic (exact) mass is 295 g/mol. The van der Waals surface area contributed by atoms with E-state index in [0.717, 1.165) is 11.8 Å². The van der Waals surface area contributed by atoms with Crippen LogP contribution in [0.15, 0.2) is 24.4 Å². The number of imidazole rings is 1. The standard InChI is InChI=1S/C14H15ClFN3O/c1-14(2,3)11-7-17-13(18-11)19-12(20)8-4-5-10(16)9(15)6-8/h4-7H,1-3H3,(H2,17,18,19,20). The molecule has 0 spiro atoms. The van der Waals surface area contributed by atoms with E-state index in [1.165, 1.54) is 12.1 Å². The molecule has 0 radical (unpaired) electrons. The average Bonchev–Trinajstić information content (AvgIpc) is 2.81. The van der Waals surface area contributed by atoms with E-state index >= 15 is 0 Å². The van der Waals surface area contributed by atoms with Crippen molar-refractivity contribution in [3.63, 3.8) is 0 Å². The van der Waals surface area contributed by atoms with Crippen LogP contribution in [0.4, 0.5) is 10.3 Å². The number of aromatic nitrogens is 2. The van der Waals surface area contributed by atoms with Gasteiger partial charge in [0.1, 0.15) is 5.82 Å². The lowest BCUT2D eigenvalue weighted by Crippen LogP contribution is -2.14. The second kappa shape index (κ2) is 5.25. The van der Waals surface area contributed by atoms with Crippen LogP contribution in [-0.4, -0.2) is 15.9 Å². The van der Waals surface area contributed by atoms with Crippen molar-refractivity contribution in [2.45, 2.75) is 26.2 Å². The average molecular weight is 296 g/mol. The number of benzene rings is 1. The van der Waals surface area contributed by atoms with Crippen molar-refractivity contribution < 1.29 is 9.18 Å². The number of amides is 1. The minimum absolute atomic E-state index is 0.0903. The Hall–Kier alpha value is -1.88. The van der Waals surface area contributed by atoms with Gasteiger partial charge in [-0.25, -0.2) is 9.37 Å². The Morgan fingerprint density at radius 3 is 2.65 bits per heavy atom. The minimum Gasteiger partial charge on any atom is -0.330 e. The summed E-state index contributed by atoms with van der Waals surface area (Å²) in [5, 5.41) is 2.52. The predicted molar refractivity (Wildman–Crippen MR) is 76.7 cm³/mol. The number of hydrogen-bond acceptors (Lipinski definition) is 2. The highest BCUT2D eigenvalue weighted by Gasteiger charge is 2.18. The molecule has 0 aliphatic heterocycles. The van der Waals surface area contributed by atoms with E-state index in [4.69, 9.17) is 11.6 Å². The van der Waals surface area contributed by atoms with Gasteiger partial charge in [0, 0.05) is 17.2 Å². The first-order valence-electron chi connectivity index (χ1n) is 6.09. The molecular weight excluding hydrogens is 281 g/mol. The van der Waals surface area contributed by atoms with Crippen molar-refractivity contribution in [3.05, 3.63) is 46.5 Å². The van der Waals surface area contributed by atoms with E-state index in [1.54, 1.807) is 6.20 Å². The Morgan fingerprint density at radius 2 is 2.10 bits per heavy atom. The molecule has 1 aromatic heterocycles. The number of aromatic amines is 1. The molecule has 0 bridgehead atoms. The molecule has 0 aliphatic rings. The second-order valence-electron chi connectivity index (χ2n) is 5.47. The SMILES string of the molecule is CC(C)(C)c1c[nH]c(NC(=O)c2ccc(F)c(Cl)c2)n1. The summed E-state index contributed by atoms with van der Waals surface area (Å²) in [6, 6.07) is 3.80. The van der Waals surface area contributed by atoms with E-state index in [0.29, 0.717) is 5.95 Å². The molecular formula is C14H15ClFN3O. The third-order valence-electron chi connectivity index (χ3n) is 2.76. The van der Waals surface area contributed by atoms with Gasteiger partial charge in [0.05, 0.1) is 10.7 Å². The van der Waals surface area contributed by atoms with Crippen molar-refractivity contribution >= 4 is 23.5 Å². The third-order valence-corrected chi connectivity index (χ3v) is 3.05. The lowest BCUT2D eigenvalue weighted by Gasteiger charge is -2.13. The van der Waals surface area contributed by atoms with Gasteiger partial charge in [0.2, 0.25) is 5.95 Å². The Balaban J connectivity index is 2.15. The molecule has 0 fully saturated rings. The molecule has 0 unspecified atom stereocenters. The molecule has 2 rings (SSSR count). The molecule has 1 amide bonds. The van der Waals surface area contributed by atoms with Crippen LogP contribution in [0, 0.1) is 5.82 Å². The van der Waals surface area contributed by atoms with Crippen LogP contribution < -0.4 is 5.32 Å². The highest BCUT2D eigenvalue weighted by Crippen LogP contribution is 2.21. The maximum absolute atomic E-state index is 13.0.